The van der Waals surface area contributed by atoms with E-state index < -0.39 is 0 Å². The Kier molecular flexibility index (Phi) is 3.51. The van der Waals surface area contributed by atoms with E-state index in [1.165, 1.54) is 10.3 Å². The van der Waals surface area contributed by atoms with Crippen LogP contribution in [0.1, 0.15) is 5.56 Å². The number of para-hydroxylation sites is 1. The molecular weight excluding hydrogens is 254 g/mol. The third-order valence-corrected chi connectivity index (χ3v) is 3.66. The number of fused-ring (bicyclic) bond motifs is 1. The molecular formula is C15H13N3S. The van der Waals surface area contributed by atoms with Crippen LogP contribution in [-0.2, 0) is 6.42 Å². The summed E-state index contributed by atoms with van der Waals surface area (Å²) < 4.78 is 1.17. The summed E-state index contributed by atoms with van der Waals surface area (Å²) in [5, 5.41) is 5.03. The predicted molar refractivity (Wildman–Crippen MR) is 81.9 cm³/mol. The first-order valence-corrected chi connectivity index (χ1v) is 6.90. The van der Waals surface area contributed by atoms with E-state index in [9.17, 15) is 0 Å². The second kappa shape index (κ2) is 5.63. The van der Waals surface area contributed by atoms with E-state index in [-0.39, 0.29) is 0 Å². The normalized spacial score (nSPS) is 11.2. The van der Waals surface area contributed by atoms with Crippen LogP contribution in [-0.4, -0.2) is 11.2 Å². The van der Waals surface area contributed by atoms with Crippen LogP contribution >= 0.6 is 11.3 Å². The zero-order chi connectivity index (χ0) is 12.9. The second-order valence-electron chi connectivity index (χ2n) is 4.10. The number of hydrogen-bond acceptors (Lipinski definition) is 4. The molecule has 94 valence electrons. The summed E-state index contributed by atoms with van der Waals surface area (Å²) in [5.41, 5.74) is 5.24. The second-order valence-corrected chi connectivity index (χ2v) is 5.13. The van der Waals surface area contributed by atoms with Crippen molar-refractivity contribution < 1.29 is 0 Å². The monoisotopic (exact) mass is 267 g/mol. The summed E-state index contributed by atoms with van der Waals surface area (Å²) in [5.74, 6) is 0. The van der Waals surface area contributed by atoms with Gasteiger partial charge >= 0.3 is 0 Å². The maximum Gasteiger partial charge on any atom is 0.204 e. The number of aromatic nitrogens is 1. The number of benzene rings is 2. The third kappa shape index (κ3) is 2.98. The van der Waals surface area contributed by atoms with Gasteiger partial charge in [-0.1, -0.05) is 53.8 Å². The average Bonchev–Trinajstić information content (AvgIpc) is 2.87. The molecule has 0 aliphatic rings. The van der Waals surface area contributed by atoms with Gasteiger partial charge in [-0.3, -0.25) is 5.43 Å². The number of rotatable bonds is 4. The van der Waals surface area contributed by atoms with Crippen molar-refractivity contribution in [2.75, 3.05) is 5.43 Å². The van der Waals surface area contributed by atoms with E-state index in [0.717, 1.165) is 17.1 Å². The van der Waals surface area contributed by atoms with E-state index in [4.69, 9.17) is 0 Å². The molecule has 2 aromatic carbocycles. The van der Waals surface area contributed by atoms with Crippen LogP contribution in [0, 0.1) is 0 Å². The number of nitrogens with one attached hydrogen (secondary N) is 1. The van der Waals surface area contributed by atoms with Crippen LogP contribution in [0.2, 0.25) is 0 Å². The van der Waals surface area contributed by atoms with Crippen molar-refractivity contribution in [2.45, 2.75) is 6.42 Å². The molecule has 1 N–H and O–H groups in total. The number of hydrazone groups is 1. The smallest absolute Gasteiger partial charge is 0.204 e. The van der Waals surface area contributed by atoms with E-state index in [1.54, 1.807) is 11.3 Å². The first-order chi connectivity index (χ1) is 9.42. The number of nitrogens with zero attached hydrogens (tertiary/aromatic N) is 2. The van der Waals surface area contributed by atoms with Gasteiger partial charge in [0.1, 0.15) is 0 Å². The Morgan fingerprint density at radius 2 is 1.84 bits per heavy atom. The van der Waals surface area contributed by atoms with Gasteiger partial charge in [0.2, 0.25) is 5.13 Å². The summed E-state index contributed by atoms with van der Waals surface area (Å²) in [7, 11) is 0. The molecule has 0 saturated carbocycles. The number of hydrogen-bond donors (Lipinski definition) is 1. The Labute approximate surface area is 115 Å². The first kappa shape index (κ1) is 11.9. The Balaban J connectivity index is 1.62. The molecule has 0 spiro atoms. The van der Waals surface area contributed by atoms with Crippen LogP contribution in [0.3, 0.4) is 0 Å². The van der Waals surface area contributed by atoms with Gasteiger partial charge in [0.15, 0.2) is 0 Å². The van der Waals surface area contributed by atoms with Gasteiger partial charge in [-0.05, 0) is 17.7 Å². The van der Waals surface area contributed by atoms with E-state index in [0.29, 0.717) is 0 Å². The summed E-state index contributed by atoms with van der Waals surface area (Å²) in [4.78, 5) is 4.45. The fraction of sp³-hybridized carbons (Fsp3) is 0.0667. The molecule has 3 aromatic rings. The highest BCUT2D eigenvalue weighted by Gasteiger charge is 2.00. The molecule has 1 aromatic heterocycles. The van der Waals surface area contributed by atoms with Gasteiger partial charge in [-0.15, -0.1) is 0 Å². The van der Waals surface area contributed by atoms with E-state index in [1.807, 2.05) is 42.6 Å². The molecule has 3 nitrogen and oxygen atoms in total. The van der Waals surface area contributed by atoms with Crippen LogP contribution in [0.5, 0.6) is 0 Å². The van der Waals surface area contributed by atoms with E-state index in [2.05, 4.69) is 33.7 Å². The topological polar surface area (TPSA) is 37.3 Å². The molecule has 3 rings (SSSR count). The maximum absolute atomic E-state index is 4.45. The Morgan fingerprint density at radius 1 is 1.05 bits per heavy atom. The van der Waals surface area contributed by atoms with Crippen molar-refractivity contribution in [2.24, 2.45) is 5.10 Å². The number of anilines is 1. The third-order valence-electron chi connectivity index (χ3n) is 2.72. The number of thiazole rings is 1. The predicted octanol–water partition coefficient (Wildman–Crippen LogP) is 3.94. The van der Waals surface area contributed by atoms with Gasteiger partial charge in [0, 0.05) is 12.6 Å². The Hall–Kier alpha value is -2.20. The summed E-state index contributed by atoms with van der Waals surface area (Å²) in [6, 6.07) is 18.3. The minimum Gasteiger partial charge on any atom is -0.253 e. The van der Waals surface area contributed by atoms with Gasteiger partial charge in [0.25, 0.3) is 0 Å². The molecule has 0 bridgehead atoms. The van der Waals surface area contributed by atoms with Crippen LogP contribution in [0.15, 0.2) is 59.7 Å². The molecule has 4 heteroatoms. The van der Waals surface area contributed by atoms with Gasteiger partial charge < -0.3 is 0 Å². The van der Waals surface area contributed by atoms with Crippen LogP contribution in [0.25, 0.3) is 10.2 Å². The van der Waals surface area contributed by atoms with Crippen molar-refractivity contribution >= 4 is 32.9 Å². The highest BCUT2D eigenvalue weighted by atomic mass is 32.1. The van der Waals surface area contributed by atoms with Crippen LogP contribution < -0.4 is 5.43 Å². The quantitative estimate of drug-likeness (QED) is 0.574. The lowest BCUT2D eigenvalue weighted by atomic mass is 10.2. The summed E-state index contributed by atoms with van der Waals surface area (Å²) >= 11 is 1.61. The zero-order valence-electron chi connectivity index (χ0n) is 10.3. The molecule has 1 heterocycles. The fourth-order valence-electron chi connectivity index (χ4n) is 1.79. The fourth-order valence-corrected chi connectivity index (χ4v) is 2.60. The largest absolute Gasteiger partial charge is 0.253 e. The highest BCUT2D eigenvalue weighted by Crippen LogP contribution is 2.25. The lowest BCUT2D eigenvalue weighted by molar-refractivity contribution is 1.27. The lowest BCUT2D eigenvalue weighted by Gasteiger charge is -1.94. The summed E-state index contributed by atoms with van der Waals surface area (Å²) in [6.07, 6.45) is 2.68. The van der Waals surface area contributed by atoms with Gasteiger partial charge in [-0.2, -0.15) is 5.10 Å². The van der Waals surface area contributed by atoms with Crippen molar-refractivity contribution in [3.8, 4) is 0 Å². The molecule has 0 radical (unpaired) electrons. The molecule has 0 atom stereocenters. The first-order valence-electron chi connectivity index (χ1n) is 6.09. The van der Waals surface area contributed by atoms with Crippen molar-refractivity contribution in [1.82, 2.24) is 4.98 Å². The molecule has 0 fully saturated rings. The molecule has 0 unspecified atom stereocenters. The highest BCUT2D eigenvalue weighted by molar-refractivity contribution is 7.22. The zero-order valence-corrected chi connectivity index (χ0v) is 11.1. The van der Waals surface area contributed by atoms with E-state index >= 15 is 0 Å². The molecule has 0 aliphatic carbocycles. The Bertz CT molecular complexity index is 656. The van der Waals surface area contributed by atoms with Crippen molar-refractivity contribution in [1.29, 1.82) is 0 Å². The van der Waals surface area contributed by atoms with Crippen LogP contribution in [0.4, 0.5) is 5.13 Å². The Morgan fingerprint density at radius 3 is 2.68 bits per heavy atom. The van der Waals surface area contributed by atoms with Crippen molar-refractivity contribution in [3.63, 3.8) is 0 Å². The molecule has 0 amide bonds. The molecule has 0 saturated heterocycles. The maximum atomic E-state index is 4.45. The molecule has 19 heavy (non-hydrogen) atoms. The van der Waals surface area contributed by atoms with Gasteiger partial charge in [0.05, 0.1) is 10.2 Å². The standard InChI is InChI=1S/C15H13N3S/c1-2-6-12(7-3-1)10-11-16-18-15-17-13-8-4-5-9-14(13)19-15/h1-9,11H,10H2,(H,17,18)/b16-11+. The molecule has 0 aliphatic heterocycles. The summed E-state index contributed by atoms with van der Waals surface area (Å²) in [6.45, 7) is 0. The average molecular weight is 267 g/mol. The lowest BCUT2D eigenvalue weighted by Crippen LogP contribution is -1.91. The minimum atomic E-state index is 0.818. The minimum absolute atomic E-state index is 0.818. The van der Waals surface area contributed by atoms with Gasteiger partial charge in [-0.25, -0.2) is 4.98 Å². The van der Waals surface area contributed by atoms with Crippen molar-refractivity contribution in [3.05, 3.63) is 60.2 Å². The SMILES string of the molecule is C(/Cc1ccccc1)=N\Nc1nc2ccccc2s1.